The number of hydrogen-bond acceptors (Lipinski definition) is 7. The summed E-state index contributed by atoms with van der Waals surface area (Å²) in [5, 5.41) is 35.9. The Morgan fingerprint density at radius 2 is 1.92 bits per heavy atom. The highest BCUT2D eigenvalue weighted by atomic mass is 16.4. The zero-order valence-electron chi connectivity index (χ0n) is 13.3. The highest BCUT2D eigenvalue weighted by molar-refractivity contribution is 6.40. The SMILES string of the molecule is NC(CCC(=O)O)C(=O)N1C[C@@H](CCB(O)O)C[C@](N)(C(=O)O)C1. The molecule has 1 aliphatic heterocycles. The normalized spacial score (nSPS) is 25.2. The second kappa shape index (κ2) is 8.42. The van der Waals surface area contributed by atoms with Crippen LogP contribution in [0.2, 0.25) is 6.32 Å². The van der Waals surface area contributed by atoms with Crippen molar-refractivity contribution < 1.29 is 34.6 Å². The van der Waals surface area contributed by atoms with Gasteiger partial charge < -0.3 is 36.6 Å². The van der Waals surface area contributed by atoms with Gasteiger partial charge in [0.1, 0.15) is 5.54 Å². The van der Waals surface area contributed by atoms with Crippen LogP contribution in [-0.2, 0) is 14.4 Å². The number of likely N-dealkylation sites (tertiary alicyclic amines) is 1. The minimum Gasteiger partial charge on any atom is -0.481 e. The van der Waals surface area contributed by atoms with E-state index in [9.17, 15) is 19.5 Å². The van der Waals surface area contributed by atoms with Gasteiger partial charge in [-0.25, -0.2) is 0 Å². The second-order valence-corrected chi connectivity index (χ2v) is 6.35. The number of carboxylic acids is 2. The molecular formula is C13H24BN3O7. The molecule has 1 unspecified atom stereocenters. The van der Waals surface area contributed by atoms with E-state index in [0.29, 0.717) is 0 Å². The zero-order chi connectivity index (χ0) is 18.5. The van der Waals surface area contributed by atoms with Gasteiger partial charge in [0.15, 0.2) is 0 Å². The fourth-order valence-electron chi connectivity index (χ4n) is 2.90. The van der Waals surface area contributed by atoms with Crippen molar-refractivity contribution in [2.75, 3.05) is 13.1 Å². The minimum absolute atomic E-state index is 0.0352. The van der Waals surface area contributed by atoms with Crippen LogP contribution < -0.4 is 11.5 Å². The van der Waals surface area contributed by atoms with Crippen LogP contribution in [0.3, 0.4) is 0 Å². The molecular weight excluding hydrogens is 321 g/mol. The van der Waals surface area contributed by atoms with Crippen molar-refractivity contribution in [2.24, 2.45) is 17.4 Å². The molecule has 0 aromatic heterocycles. The average Bonchev–Trinajstić information content (AvgIpc) is 2.49. The lowest BCUT2D eigenvalue weighted by Gasteiger charge is -2.42. The number of nitrogens with two attached hydrogens (primary N) is 2. The molecule has 1 saturated heterocycles. The first-order chi connectivity index (χ1) is 11.0. The van der Waals surface area contributed by atoms with Crippen LogP contribution in [0.25, 0.3) is 0 Å². The summed E-state index contributed by atoms with van der Waals surface area (Å²) >= 11 is 0. The highest BCUT2D eigenvalue weighted by Gasteiger charge is 2.44. The third kappa shape index (κ3) is 5.75. The van der Waals surface area contributed by atoms with Crippen LogP contribution in [-0.4, -0.2) is 74.8 Å². The van der Waals surface area contributed by atoms with Crippen molar-refractivity contribution >= 4 is 25.0 Å². The topological polar surface area (TPSA) is 187 Å². The van der Waals surface area contributed by atoms with Crippen molar-refractivity contribution in [3.8, 4) is 0 Å². The fraction of sp³-hybridized carbons (Fsp3) is 0.769. The van der Waals surface area contributed by atoms with E-state index in [0.717, 1.165) is 0 Å². The third-order valence-corrected chi connectivity index (χ3v) is 4.16. The molecule has 0 aromatic rings. The Balaban J connectivity index is 2.81. The largest absolute Gasteiger partial charge is 0.481 e. The van der Waals surface area contributed by atoms with Gasteiger partial charge in [0, 0.05) is 19.5 Å². The summed E-state index contributed by atoms with van der Waals surface area (Å²) in [6, 6.07) is -1.05. The Morgan fingerprint density at radius 3 is 2.42 bits per heavy atom. The molecule has 3 atom stereocenters. The zero-order valence-corrected chi connectivity index (χ0v) is 13.3. The molecule has 1 rings (SSSR count). The first-order valence-corrected chi connectivity index (χ1v) is 7.69. The number of hydrogen-bond donors (Lipinski definition) is 6. The first kappa shape index (κ1) is 20.4. The van der Waals surface area contributed by atoms with Gasteiger partial charge >= 0.3 is 19.1 Å². The van der Waals surface area contributed by atoms with E-state index in [1.54, 1.807) is 0 Å². The number of rotatable bonds is 8. The number of carbonyl (C=O) groups is 3. The number of aliphatic carboxylic acids is 2. The van der Waals surface area contributed by atoms with Gasteiger partial charge in [-0.3, -0.25) is 14.4 Å². The van der Waals surface area contributed by atoms with Gasteiger partial charge in [0.25, 0.3) is 0 Å². The van der Waals surface area contributed by atoms with Gasteiger partial charge in [-0.2, -0.15) is 0 Å². The lowest BCUT2D eigenvalue weighted by molar-refractivity contribution is -0.149. The standard InChI is InChI=1S/C13H24BN3O7/c15-9(1-2-10(18)19)11(20)17-6-8(3-4-14(23)24)5-13(16,7-17)12(21)22/h8-9,23-24H,1-7,15-16H2,(H,18,19)(H,21,22)/t8-,9?,13+/m0/s1. The molecule has 0 aliphatic carbocycles. The van der Waals surface area contributed by atoms with E-state index in [2.05, 4.69) is 0 Å². The summed E-state index contributed by atoms with van der Waals surface area (Å²) in [6.07, 6.45) is 0.0949. The fourth-order valence-corrected chi connectivity index (χ4v) is 2.90. The van der Waals surface area contributed by atoms with Crippen LogP contribution in [0.1, 0.15) is 25.7 Å². The molecule has 1 heterocycles. The minimum atomic E-state index is -1.65. The third-order valence-electron chi connectivity index (χ3n) is 4.16. The van der Waals surface area contributed by atoms with Gasteiger partial charge in [0.05, 0.1) is 6.04 Å². The van der Waals surface area contributed by atoms with Gasteiger partial charge in [-0.05, 0) is 25.1 Å². The van der Waals surface area contributed by atoms with Crippen LogP contribution in [0.15, 0.2) is 0 Å². The molecule has 0 bridgehead atoms. The maximum absolute atomic E-state index is 12.4. The van der Waals surface area contributed by atoms with Crippen molar-refractivity contribution in [3.63, 3.8) is 0 Å². The lowest BCUT2D eigenvalue weighted by atomic mass is 9.75. The Morgan fingerprint density at radius 1 is 1.29 bits per heavy atom. The summed E-state index contributed by atoms with van der Waals surface area (Å²) in [6.45, 7) is -0.0291. The number of piperidine rings is 1. The van der Waals surface area contributed by atoms with Gasteiger partial charge in [-0.15, -0.1) is 0 Å². The molecule has 24 heavy (non-hydrogen) atoms. The quantitative estimate of drug-likeness (QED) is 0.262. The van der Waals surface area contributed by atoms with Crippen molar-refractivity contribution in [1.29, 1.82) is 0 Å². The number of nitrogens with zero attached hydrogens (tertiary/aromatic N) is 1. The van der Waals surface area contributed by atoms with Crippen molar-refractivity contribution in [3.05, 3.63) is 0 Å². The predicted octanol–water partition coefficient (Wildman–Crippen LogP) is -2.33. The monoisotopic (exact) mass is 345 g/mol. The summed E-state index contributed by atoms with van der Waals surface area (Å²) in [5.74, 6) is -3.21. The number of carbonyl (C=O) groups excluding carboxylic acids is 1. The van der Waals surface area contributed by atoms with E-state index in [1.807, 2.05) is 0 Å². The lowest BCUT2D eigenvalue weighted by Crippen LogP contribution is -2.64. The molecule has 1 aliphatic rings. The van der Waals surface area contributed by atoms with E-state index >= 15 is 0 Å². The average molecular weight is 345 g/mol. The molecule has 0 spiro atoms. The maximum Gasteiger partial charge on any atom is 0.451 e. The predicted molar refractivity (Wildman–Crippen MR) is 83.7 cm³/mol. The molecule has 136 valence electrons. The van der Waals surface area contributed by atoms with E-state index < -0.39 is 36.5 Å². The molecule has 1 fully saturated rings. The second-order valence-electron chi connectivity index (χ2n) is 6.35. The van der Waals surface area contributed by atoms with Crippen LogP contribution in [0.4, 0.5) is 0 Å². The summed E-state index contributed by atoms with van der Waals surface area (Å²) < 4.78 is 0. The molecule has 0 saturated carbocycles. The molecule has 1 amide bonds. The van der Waals surface area contributed by atoms with Crippen molar-refractivity contribution in [1.82, 2.24) is 4.90 Å². The van der Waals surface area contributed by atoms with Crippen LogP contribution in [0.5, 0.6) is 0 Å². The van der Waals surface area contributed by atoms with Crippen molar-refractivity contribution in [2.45, 2.75) is 43.6 Å². The Labute approximate surface area is 139 Å². The Hall–Kier alpha value is -1.69. The van der Waals surface area contributed by atoms with E-state index in [-0.39, 0.29) is 51.0 Å². The molecule has 0 radical (unpaired) electrons. The summed E-state index contributed by atoms with van der Waals surface area (Å²) in [4.78, 5) is 35.6. The van der Waals surface area contributed by atoms with Gasteiger partial charge in [-0.1, -0.05) is 6.42 Å². The van der Waals surface area contributed by atoms with E-state index in [1.165, 1.54) is 4.90 Å². The molecule has 11 heteroatoms. The number of carboxylic acid groups (broad SMARTS) is 2. The summed E-state index contributed by atoms with van der Waals surface area (Å²) in [5.41, 5.74) is 9.95. The van der Waals surface area contributed by atoms with E-state index in [4.69, 9.17) is 26.6 Å². The number of amides is 1. The van der Waals surface area contributed by atoms with Crippen LogP contribution >= 0.6 is 0 Å². The smallest absolute Gasteiger partial charge is 0.451 e. The molecule has 10 nitrogen and oxygen atoms in total. The Kier molecular flexibility index (Phi) is 7.15. The van der Waals surface area contributed by atoms with Crippen LogP contribution in [0, 0.1) is 5.92 Å². The highest BCUT2D eigenvalue weighted by Crippen LogP contribution is 2.28. The van der Waals surface area contributed by atoms with Gasteiger partial charge in [0.2, 0.25) is 5.91 Å². The molecule has 0 aromatic carbocycles. The molecule has 8 N–H and O–H groups in total. The first-order valence-electron chi connectivity index (χ1n) is 7.69. The maximum atomic E-state index is 12.4. The summed E-state index contributed by atoms with van der Waals surface area (Å²) in [7, 11) is -1.52. The Bertz CT molecular complexity index is 490.